The average molecular weight is 327 g/mol. The van der Waals surface area contributed by atoms with Crippen LogP contribution in [0.15, 0.2) is 56.7 Å². The summed E-state index contributed by atoms with van der Waals surface area (Å²) in [6.07, 6.45) is 0. The van der Waals surface area contributed by atoms with Gasteiger partial charge in [0.15, 0.2) is 0 Å². The van der Waals surface area contributed by atoms with E-state index in [-0.39, 0.29) is 11.4 Å². The molecule has 1 N–H and O–H groups in total. The van der Waals surface area contributed by atoms with Crippen LogP contribution in [-0.4, -0.2) is 11.1 Å². The normalized spacial score (nSPS) is 10.3. The Hall–Kier alpha value is -1.33. The van der Waals surface area contributed by atoms with Crippen molar-refractivity contribution in [3.63, 3.8) is 0 Å². The summed E-state index contributed by atoms with van der Waals surface area (Å²) in [6.45, 7) is 0. The van der Waals surface area contributed by atoms with Crippen molar-refractivity contribution in [2.24, 2.45) is 0 Å². The quantitative estimate of drug-likeness (QED) is 0.906. The summed E-state index contributed by atoms with van der Waals surface area (Å²) in [5.41, 5.74) is 0.217. The maximum Gasteiger partial charge on any atom is 0.335 e. The third-order valence-electron chi connectivity index (χ3n) is 2.17. The van der Waals surface area contributed by atoms with Crippen molar-refractivity contribution in [1.29, 1.82) is 0 Å². The van der Waals surface area contributed by atoms with Gasteiger partial charge in [-0.05, 0) is 42.5 Å². The molecule has 0 aliphatic heterocycles. The smallest absolute Gasteiger partial charge is 0.335 e. The van der Waals surface area contributed by atoms with Gasteiger partial charge in [-0.15, -0.1) is 0 Å². The zero-order chi connectivity index (χ0) is 13.1. The van der Waals surface area contributed by atoms with Gasteiger partial charge in [0.05, 0.1) is 5.56 Å². The Morgan fingerprint density at radius 3 is 2.39 bits per heavy atom. The first-order valence-corrected chi connectivity index (χ1v) is 6.63. The van der Waals surface area contributed by atoms with E-state index in [1.54, 1.807) is 18.2 Å². The minimum atomic E-state index is -0.975. The van der Waals surface area contributed by atoms with E-state index in [4.69, 9.17) is 5.11 Å². The van der Waals surface area contributed by atoms with Crippen LogP contribution in [0.4, 0.5) is 4.39 Å². The Labute approximate surface area is 116 Å². The van der Waals surface area contributed by atoms with Crippen molar-refractivity contribution in [3.8, 4) is 0 Å². The van der Waals surface area contributed by atoms with Gasteiger partial charge in [0.25, 0.3) is 0 Å². The number of benzene rings is 2. The highest BCUT2D eigenvalue weighted by atomic mass is 79.9. The van der Waals surface area contributed by atoms with Gasteiger partial charge in [-0.25, -0.2) is 9.18 Å². The molecule has 0 heterocycles. The average Bonchev–Trinajstić information content (AvgIpc) is 2.31. The summed E-state index contributed by atoms with van der Waals surface area (Å²) in [7, 11) is 0. The predicted molar refractivity (Wildman–Crippen MR) is 71.6 cm³/mol. The van der Waals surface area contributed by atoms with Crippen molar-refractivity contribution in [3.05, 3.63) is 58.3 Å². The molecule has 2 aromatic carbocycles. The van der Waals surface area contributed by atoms with Gasteiger partial charge in [-0.1, -0.05) is 27.7 Å². The van der Waals surface area contributed by atoms with Gasteiger partial charge in [0.1, 0.15) is 5.82 Å². The lowest BCUT2D eigenvalue weighted by Crippen LogP contribution is -1.96. The number of carboxylic acid groups (broad SMARTS) is 1. The maximum atomic E-state index is 12.8. The summed E-state index contributed by atoms with van der Waals surface area (Å²) < 4.78 is 13.5. The predicted octanol–water partition coefficient (Wildman–Crippen LogP) is 4.44. The molecule has 2 nitrogen and oxygen atoms in total. The molecule has 0 radical (unpaired) electrons. The minimum Gasteiger partial charge on any atom is -0.478 e. The number of aromatic carboxylic acids is 1. The van der Waals surface area contributed by atoms with Crippen LogP contribution in [-0.2, 0) is 0 Å². The van der Waals surface area contributed by atoms with E-state index >= 15 is 0 Å². The van der Waals surface area contributed by atoms with Crippen LogP contribution in [0.2, 0.25) is 0 Å². The molecular formula is C13H8BrFO2S. The molecule has 18 heavy (non-hydrogen) atoms. The summed E-state index contributed by atoms with van der Waals surface area (Å²) in [6, 6.07) is 11.0. The van der Waals surface area contributed by atoms with E-state index in [1.165, 1.54) is 30.0 Å². The third kappa shape index (κ3) is 3.34. The Morgan fingerprint density at radius 2 is 1.78 bits per heavy atom. The molecule has 0 bridgehead atoms. The van der Waals surface area contributed by atoms with E-state index in [0.717, 1.165) is 9.79 Å². The Morgan fingerprint density at radius 1 is 1.11 bits per heavy atom. The van der Waals surface area contributed by atoms with Crippen molar-refractivity contribution in [1.82, 2.24) is 0 Å². The van der Waals surface area contributed by atoms with Crippen LogP contribution in [0.3, 0.4) is 0 Å². The Bertz CT molecular complexity index is 584. The van der Waals surface area contributed by atoms with E-state index in [1.807, 2.05) is 6.07 Å². The second-order valence-corrected chi connectivity index (χ2v) is 5.60. The summed E-state index contributed by atoms with van der Waals surface area (Å²) in [4.78, 5) is 12.6. The van der Waals surface area contributed by atoms with Crippen molar-refractivity contribution in [2.45, 2.75) is 9.79 Å². The first-order valence-electron chi connectivity index (χ1n) is 5.02. The molecule has 2 aromatic rings. The Balaban J connectivity index is 2.28. The minimum absolute atomic E-state index is 0.217. The number of rotatable bonds is 3. The molecule has 0 atom stereocenters. The van der Waals surface area contributed by atoms with Gasteiger partial charge in [0, 0.05) is 14.3 Å². The molecule has 0 saturated heterocycles. The van der Waals surface area contributed by atoms with Crippen LogP contribution in [0.5, 0.6) is 0 Å². The van der Waals surface area contributed by atoms with Gasteiger partial charge < -0.3 is 5.11 Å². The highest BCUT2D eigenvalue weighted by Gasteiger charge is 2.07. The highest BCUT2D eigenvalue weighted by Crippen LogP contribution is 2.30. The number of carbonyl (C=O) groups is 1. The molecule has 0 saturated carbocycles. The van der Waals surface area contributed by atoms with Gasteiger partial charge in [-0.2, -0.15) is 0 Å². The van der Waals surface area contributed by atoms with Crippen LogP contribution in [0.25, 0.3) is 0 Å². The highest BCUT2D eigenvalue weighted by molar-refractivity contribution is 9.10. The van der Waals surface area contributed by atoms with Crippen LogP contribution >= 0.6 is 27.7 Å². The molecule has 2 rings (SSSR count). The molecule has 0 aromatic heterocycles. The lowest BCUT2D eigenvalue weighted by molar-refractivity contribution is 0.0696. The van der Waals surface area contributed by atoms with Crippen LogP contribution < -0.4 is 0 Å². The molecule has 0 spiro atoms. The van der Waals surface area contributed by atoms with E-state index in [2.05, 4.69) is 15.9 Å². The topological polar surface area (TPSA) is 37.3 Å². The number of hydrogen-bond donors (Lipinski definition) is 1. The molecule has 5 heteroatoms. The SMILES string of the molecule is O=C(O)c1cc(Br)cc(Sc2ccc(F)cc2)c1. The molecule has 0 fully saturated rings. The summed E-state index contributed by atoms with van der Waals surface area (Å²) in [5.74, 6) is -1.27. The monoisotopic (exact) mass is 326 g/mol. The number of hydrogen-bond acceptors (Lipinski definition) is 2. The standard InChI is InChI=1S/C13H8BrFO2S/c14-9-5-8(13(16)17)6-12(7-9)18-11-3-1-10(15)2-4-11/h1-7H,(H,16,17). The largest absolute Gasteiger partial charge is 0.478 e. The summed E-state index contributed by atoms with van der Waals surface area (Å²) in [5, 5.41) is 8.96. The third-order valence-corrected chi connectivity index (χ3v) is 3.60. The van der Waals surface area contributed by atoms with Crippen molar-refractivity contribution < 1.29 is 14.3 Å². The number of halogens is 2. The van der Waals surface area contributed by atoms with E-state index < -0.39 is 5.97 Å². The zero-order valence-corrected chi connectivity index (χ0v) is 11.5. The second kappa shape index (κ2) is 5.54. The Kier molecular flexibility index (Phi) is 4.04. The fourth-order valence-electron chi connectivity index (χ4n) is 1.38. The van der Waals surface area contributed by atoms with Gasteiger partial charge in [-0.3, -0.25) is 0 Å². The summed E-state index contributed by atoms with van der Waals surface area (Å²) >= 11 is 4.65. The van der Waals surface area contributed by atoms with E-state index in [0.29, 0.717) is 4.47 Å². The number of carboxylic acids is 1. The lowest BCUT2D eigenvalue weighted by atomic mass is 10.2. The zero-order valence-electron chi connectivity index (χ0n) is 9.06. The molecule has 0 aliphatic rings. The van der Waals surface area contributed by atoms with Crippen LogP contribution in [0.1, 0.15) is 10.4 Å². The molecule has 0 aliphatic carbocycles. The van der Waals surface area contributed by atoms with Crippen molar-refractivity contribution >= 4 is 33.7 Å². The molecule has 0 unspecified atom stereocenters. The molecule has 0 amide bonds. The van der Waals surface area contributed by atoms with E-state index in [9.17, 15) is 9.18 Å². The fraction of sp³-hybridized carbons (Fsp3) is 0. The van der Waals surface area contributed by atoms with Crippen molar-refractivity contribution in [2.75, 3.05) is 0 Å². The maximum absolute atomic E-state index is 12.8. The molecular weight excluding hydrogens is 319 g/mol. The fourth-order valence-corrected chi connectivity index (χ4v) is 2.94. The molecule has 92 valence electrons. The second-order valence-electron chi connectivity index (χ2n) is 3.54. The van der Waals surface area contributed by atoms with Gasteiger partial charge >= 0.3 is 5.97 Å². The van der Waals surface area contributed by atoms with Crippen LogP contribution in [0, 0.1) is 5.82 Å². The first-order chi connectivity index (χ1) is 8.54. The first kappa shape index (κ1) is 13.1. The lowest BCUT2D eigenvalue weighted by Gasteiger charge is -2.04. The van der Waals surface area contributed by atoms with Gasteiger partial charge in [0.2, 0.25) is 0 Å².